The van der Waals surface area contributed by atoms with Gasteiger partial charge in [0, 0.05) is 17.7 Å². The summed E-state index contributed by atoms with van der Waals surface area (Å²) in [5, 5.41) is 7.54. The quantitative estimate of drug-likeness (QED) is 0.438. The van der Waals surface area contributed by atoms with Crippen LogP contribution in [-0.4, -0.2) is 45.6 Å². The van der Waals surface area contributed by atoms with Gasteiger partial charge in [-0.25, -0.2) is 9.78 Å². The molecule has 1 aromatic carbocycles. The number of nitrogens with one attached hydrogen (secondary N) is 1. The van der Waals surface area contributed by atoms with Gasteiger partial charge in [-0.15, -0.1) is 0 Å². The van der Waals surface area contributed by atoms with Gasteiger partial charge in [0.05, 0.1) is 17.7 Å². The van der Waals surface area contributed by atoms with Crippen molar-refractivity contribution in [1.82, 2.24) is 15.1 Å². The summed E-state index contributed by atoms with van der Waals surface area (Å²) in [5.41, 5.74) is 1.23. The minimum Gasteiger partial charge on any atom is -0.447 e. The van der Waals surface area contributed by atoms with E-state index in [0.29, 0.717) is 17.3 Å². The van der Waals surface area contributed by atoms with Crippen LogP contribution in [0.2, 0.25) is 5.15 Å². The van der Waals surface area contributed by atoms with Crippen molar-refractivity contribution in [2.45, 2.75) is 58.4 Å². The Labute approximate surface area is 203 Å². The van der Waals surface area contributed by atoms with Gasteiger partial charge in [0.15, 0.2) is 5.76 Å². The number of carbonyl (C=O) groups excluding carboxylic acids is 1. The van der Waals surface area contributed by atoms with E-state index in [-0.39, 0.29) is 41.5 Å². The normalized spacial score (nSPS) is 18.0. The number of rotatable bonds is 7. The Morgan fingerprint density at radius 3 is 2.62 bits per heavy atom. The lowest BCUT2D eigenvalue weighted by atomic mass is 10.1. The fourth-order valence-electron chi connectivity index (χ4n) is 3.77. The third-order valence-electron chi connectivity index (χ3n) is 5.29. The van der Waals surface area contributed by atoms with Crippen molar-refractivity contribution in [2.24, 2.45) is 0 Å². The molecule has 2 aromatic heterocycles. The van der Waals surface area contributed by atoms with Crippen LogP contribution >= 0.6 is 11.6 Å². The number of hydrogen-bond donors (Lipinski definition) is 1. The summed E-state index contributed by atoms with van der Waals surface area (Å²) < 4.78 is 16.9. The molecule has 180 valence electrons. The number of aromatic nitrogens is 3. The number of cyclic esters (lactones) is 1. The molecule has 1 aliphatic heterocycles. The van der Waals surface area contributed by atoms with E-state index in [1.54, 1.807) is 0 Å². The van der Waals surface area contributed by atoms with E-state index in [0.717, 1.165) is 5.56 Å². The summed E-state index contributed by atoms with van der Waals surface area (Å²) in [6, 6.07) is 12.5. The van der Waals surface area contributed by atoms with Gasteiger partial charge in [-0.2, -0.15) is 4.98 Å². The first-order valence-electron chi connectivity index (χ1n) is 11.1. The Balaban J connectivity index is 1.54. The predicted octanol–water partition coefficient (Wildman–Crippen LogP) is 5.49. The summed E-state index contributed by atoms with van der Waals surface area (Å²) in [6.07, 6.45) is -0.797. The van der Waals surface area contributed by atoms with Crippen LogP contribution in [0.5, 0.6) is 0 Å². The van der Waals surface area contributed by atoms with Crippen LogP contribution in [0.4, 0.5) is 16.6 Å². The van der Waals surface area contributed by atoms with Gasteiger partial charge in [-0.3, -0.25) is 4.90 Å². The van der Waals surface area contributed by atoms with Crippen molar-refractivity contribution in [3.05, 3.63) is 53.3 Å². The fourth-order valence-corrected chi connectivity index (χ4v) is 3.95. The first-order valence-corrected chi connectivity index (χ1v) is 11.5. The molecule has 1 N–H and O–H groups in total. The molecule has 3 aromatic rings. The summed E-state index contributed by atoms with van der Waals surface area (Å²) in [5.74, 6) is 1.24. The van der Waals surface area contributed by atoms with Crippen LogP contribution in [0, 0.1) is 0 Å². The number of halogens is 1. The van der Waals surface area contributed by atoms with Crippen molar-refractivity contribution >= 4 is 29.5 Å². The molecule has 1 fully saturated rings. The Kier molecular flexibility index (Phi) is 6.77. The highest BCUT2D eigenvalue weighted by atomic mass is 35.5. The van der Waals surface area contributed by atoms with E-state index >= 15 is 0 Å². The Morgan fingerprint density at radius 2 is 1.91 bits per heavy atom. The molecule has 1 amide bonds. The maximum Gasteiger partial charge on any atom is 0.416 e. The zero-order valence-electron chi connectivity index (χ0n) is 19.8. The molecule has 34 heavy (non-hydrogen) atoms. The molecule has 0 bridgehead atoms. The van der Waals surface area contributed by atoms with Crippen molar-refractivity contribution in [1.29, 1.82) is 0 Å². The lowest BCUT2D eigenvalue weighted by Gasteiger charge is -2.31. The second kappa shape index (κ2) is 9.60. The van der Waals surface area contributed by atoms with E-state index in [9.17, 15) is 4.79 Å². The first-order chi connectivity index (χ1) is 16.1. The van der Waals surface area contributed by atoms with Crippen LogP contribution in [0.25, 0.3) is 11.3 Å². The Morgan fingerprint density at radius 1 is 1.18 bits per heavy atom. The van der Waals surface area contributed by atoms with E-state index in [1.807, 2.05) is 71.0 Å². The summed E-state index contributed by atoms with van der Waals surface area (Å²) in [6.45, 7) is 9.89. The SMILES string of the molecule is C[C@H](Nc1nc(Cl)cc(N2C(=O)OC[C@@H]2[C@@H](C)OC(C)(C)C)n1)c1cc(-c2ccccc2)on1. The van der Waals surface area contributed by atoms with Gasteiger partial charge in [0.2, 0.25) is 5.95 Å². The van der Waals surface area contributed by atoms with E-state index in [1.165, 1.54) is 11.0 Å². The molecule has 0 unspecified atom stereocenters. The summed E-state index contributed by atoms with van der Waals surface area (Å²) >= 11 is 6.29. The molecular formula is C24H28ClN5O4. The smallest absolute Gasteiger partial charge is 0.416 e. The number of carbonyl (C=O) groups is 1. The van der Waals surface area contributed by atoms with Gasteiger partial charge >= 0.3 is 6.09 Å². The fraction of sp³-hybridized carbons (Fsp3) is 0.417. The van der Waals surface area contributed by atoms with Crippen LogP contribution in [0.15, 0.2) is 47.0 Å². The molecule has 0 aliphatic carbocycles. The van der Waals surface area contributed by atoms with Gasteiger partial charge in [0.25, 0.3) is 0 Å². The van der Waals surface area contributed by atoms with Crippen LogP contribution in [0.3, 0.4) is 0 Å². The zero-order chi connectivity index (χ0) is 24.5. The predicted molar refractivity (Wildman–Crippen MR) is 129 cm³/mol. The molecule has 4 rings (SSSR count). The maximum atomic E-state index is 12.6. The second-order valence-corrected chi connectivity index (χ2v) is 9.56. The average Bonchev–Trinajstić information content (AvgIpc) is 3.40. The van der Waals surface area contributed by atoms with E-state index < -0.39 is 6.09 Å². The van der Waals surface area contributed by atoms with Gasteiger partial charge in [0.1, 0.15) is 29.3 Å². The zero-order valence-corrected chi connectivity index (χ0v) is 20.5. The Hall–Kier alpha value is -3.17. The second-order valence-electron chi connectivity index (χ2n) is 9.17. The van der Waals surface area contributed by atoms with Crippen molar-refractivity contribution in [3.63, 3.8) is 0 Å². The standard InChI is InChI=1S/C24H28ClN5O4/c1-14(17-11-19(34-29-17)16-9-7-6-8-10-16)26-22-27-20(25)12-21(28-22)30-18(13-32-23(30)31)15(2)33-24(3,4)5/h6-12,14-15,18H,13H2,1-5H3,(H,26,27,28)/t14-,15+,18+/m0/s1. The molecule has 9 nitrogen and oxygen atoms in total. The molecule has 0 radical (unpaired) electrons. The highest BCUT2D eigenvalue weighted by Crippen LogP contribution is 2.30. The lowest BCUT2D eigenvalue weighted by Crippen LogP contribution is -2.45. The lowest BCUT2D eigenvalue weighted by molar-refractivity contribution is -0.0618. The third kappa shape index (κ3) is 5.48. The number of ether oxygens (including phenoxy) is 2. The van der Waals surface area contributed by atoms with Gasteiger partial charge in [-0.05, 0) is 34.6 Å². The average molecular weight is 486 g/mol. The number of hydrogen-bond acceptors (Lipinski definition) is 8. The molecule has 0 saturated carbocycles. The van der Waals surface area contributed by atoms with E-state index in [2.05, 4.69) is 20.4 Å². The van der Waals surface area contributed by atoms with Crippen molar-refractivity contribution in [3.8, 4) is 11.3 Å². The summed E-state index contributed by atoms with van der Waals surface area (Å²) in [4.78, 5) is 22.8. The van der Waals surface area contributed by atoms with Gasteiger partial charge < -0.3 is 19.3 Å². The molecule has 1 saturated heterocycles. The first kappa shape index (κ1) is 24.0. The molecule has 3 heterocycles. The highest BCUT2D eigenvalue weighted by molar-refractivity contribution is 6.29. The third-order valence-corrected chi connectivity index (χ3v) is 5.48. The minimum absolute atomic E-state index is 0.188. The van der Waals surface area contributed by atoms with Crippen LogP contribution < -0.4 is 10.2 Å². The minimum atomic E-state index is -0.507. The number of amides is 1. The van der Waals surface area contributed by atoms with Crippen molar-refractivity contribution < 1.29 is 18.8 Å². The number of benzene rings is 1. The molecule has 0 spiro atoms. The summed E-state index contributed by atoms with van der Waals surface area (Å²) in [7, 11) is 0. The van der Waals surface area contributed by atoms with Crippen LogP contribution in [-0.2, 0) is 9.47 Å². The van der Waals surface area contributed by atoms with Crippen LogP contribution in [0.1, 0.15) is 46.4 Å². The van der Waals surface area contributed by atoms with Gasteiger partial charge in [-0.1, -0.05) is 47.1 Å². The van der Waals surface area contributed by atoms with E-state index in [4.69, 9.17) is 25.6 Å². The topological polar surface area (TPSA) is 103 Å². The number of nitrogens with zero attached hydrogens (tertiary/aromatic N) is 4. The molecular weight excluding hydrogens is 458 g/mol. The molecule has 10 heteroatoms. The Bertz CT molecular complexity index is 1150. The molecule has 3 atom stereocenters. The monoisotopic (exact) mass is 485 g/mol. The molecule has 1 aliphatic rings. The highest BCUT2D eigenvalue weighted by Gasteiger charge is 2.40. The largest absolute Gasteiger partial charge is 0.447 e. The maximum absolute atomic E-state index is 12.6. The van der Waals surface area contributed by atoms with Crippen molar-refractivity contribution in [2.75, 3.05) is 16.8 Å². The number of anilines is 2.